The molecule has 0 aliphatic carbocycles. The minimum Gasteiger partial charge on any atom is -0.476 e. The number of aryl methyl sites for hydroxylation is 1. The van der Waals surface area contributed by atoms with E-state index in [1.807, 2.05) is 0 Å². The van der Waals surface area contributed by atoms with E-state index >= 15 is 0 Å². The lowest BCUT2D eigenvalue weighted by Crippen LogP contribution is -2.03. The second kappa shape index (κ2) is 4.64. The van der Waals surface area contributed by atoms with E-state index in [2.05, 4.69) is 19.7 Å². The van der Waals surface area contributed by atoms with Crippen molar-refractivity contribution in [1.29, 1.82) is 0 Å². The van der Waals surface area contributed by atoms with Crippen LogP contribution in [0.15, 0.2) is 12.1 Å². The molecular weight excluding hydrogens is 264 g/mol. The molecule has 17 heavy (non-hydrogen) atoms. The zero-order valence-corrected chi connectivity index (χ0v) is 10.2. The van der Waals surface area contributed by atoms with Crippen molar-refractivity contribution in [2.75, 3.05) is 5.32 Å². The molecule has 88 valence electrons. The monoisotopic (exact) mass is 270 g/mol. The maximum absolute atomic E-state index is 10.8. The summed E-state index contributed by atoms with van der Waals surface area (Å²) < 4.78 is 3.99. The van der Waals surface area contributed by atoms with E-state index in [1.54, 1.807) is 13.0 Å². The quantitative estimate of drug-likeness (QED) is 0.890. The third kappa shape index (κ3) is 2.69. The Bertz CT molecular complexity index is 572. The minimum atomic E-state index is -1.17. The number of aromatic carboxylic acids is 1. The van der Waals surface area contributed by atoms with Crippen molar-refractivity contribution >= 4 is 40.1 Å². The number of nitrogens with zero attached hydrogens (tertiary/aromatic N) is 3. The van der Waals surface area contributed by atoms with Crippen molar-refractivity contribution < 1.29 is 9.90 Å². The van der Waals surface area contributed by atoms with E-state index < -0.39 is 5.97 Å². The summed E-state index contributed by atoms with van der Waals surface area (Å²) in [6.07, 6.45) is 0. The molecule has 2 aromatic heterocycles. The standard InChI is InChI=1S/C9H7ClN4O2S/c1-4-11-9(17-14-4)13-6-3-2-5(10)7(12-6)8(15)16/h2-3H,1H3,(H,15,16)(H,11,12,13,14). The van der Waals surface area contributed by atoms with Gasteiger partial charge in [0.15, 0.2) is 5.69 Å². The van der Waals surface area contributed by atoms with Gasteiger partial charge in [-0.05, 0) is 19.1 Å². The molecule has 0 atom stereocenters. The molecule has 8 heteroatoms. The highest BCUT2D eigenvalue weighted by molar-refractivity contribution is 7.09. The average molecular weight is 271 g/mol. The molecule has 0 fully saturated rings. The highest BCUT2D eigenvalue weighted by Gasteiger charge is 2.12. The molecule has 2 N–H and O–H groups in total. The molecule has 2 aromatic rings. The summed E-state index contributed by atoms with van der Waals surface area (Å²) in [4.78, 5) is 18.8. The zero-order chi connectivity index (χ0) is 12.4. The van der Waals surface area contributed by atoms with E-state index in [0.717, 1.165) is 0 Å². The van der Waals surface area contributed by atoms with E-state index in [-0.39, 0.29) is 10.7 Å². The van der Waals surface area contributed by atoms with Crippen LogP contribution >= 0.6 is 23.1 Å². The van der Waals surface area contributed by atoms with Gasteiger partial charge in [-0.25, -0.2) is 14.8 Å². The minimum absolute atomic E-state index is 0.0940. The average Bonchev–Trinajstić information content (AvgIpc) is 2.66. The largest absolute Gasteiger partial charge is 0.476 e. The first kappa shape index (κ1) is 11.7. The first-order valence-corrected chi connectivity index (χ1v) is 5.68. The van der Waals surface area contributed by atoms with Gasteiger partial charge in [0.1, 0.15) is 11.6 Å². The van der Waals surface area contributed by atoms with Gasteiger partial charge in [-0.1, -0.05) is 11.6 Å². The number of rotatable bonds is 3. The number of nitrogens with one attached hydrogen (secondary N) is 1. The number of carboxylic acid groups (broad SMARTS) is 1. The Kier molecular flexibility index (Phi) is 3.21. The van der Waals surface area contributed by atoms with Crippen LogP contribution in [0.5, 0.6) is 0 Å². The van der Waals surface area contributed by atoms with Crippen LogP contribution in [-0.4, -0.2) is 25.4 Å². The van der Waals surface area contributed by atoms with Crippen LogP contribution < -0.4 is 5.32 Å². The highest BCUT2D eigenvalue weighted by Crippen LogP contribution is 2.20. The van der Waals surface area contributed by atoms with Crippen LogP contribution in [0.25, 0.3) is 0 Å². The molecule has 0 saturated heterocycles. The number of halogens is 1. The van der Waals surface area contributed by atoms with Gasteiger partial charge >= 0.3 is 5.97 Å². The topological polar surface area (TPSA) is 88.0 Å². The second-order valence-corrected chi connectivity index (χ2v) is 4.26. The number of aromatic nitrogens is 3. The number of carbonyl (C=O) groups is 1. The summed E-state index contributed by atoms with van der Waals surface area (Å²) in [6, 6.07) is 3.04. The van der Waals surface area contributed by atoms with Gasteiger partial charge in [0.25, 0.3) is 0 Å². The lowest BCUT2D eigenvalue weighted by Gasteiger charge is -2.03. The molecule has 0 bridgehead atoms. The number of hydrogen-bond acceptors (Lipinski definition) is 6. The molecule has 0 aliphatic heterocycles. The fraction of sp³-hybridized carbons (Fsp3) is 0.111. The maximum atomic E-state index is 10.8. The van der Waals surface area contributed by atoms with E-state index in [4.69, 9.17) is 16.7 Å². The third-order valence-electron chi connectivity index (χ3n) is 1.81. The lowest BCUT2D eigenvalue weighted by molar-refractivity contribution is 0.0691. The number of hydrogen-bond donors (Lipinski definition) is 2. The maximum Gasteiger partial charge on any atom is 0.356 e. The first-order chi connectivity index (χ1) is 8.06. The second-order valence-electron chi connectivity index (χ2n) is 3.10. The fourth-order valence-electron chi connectivity index (χ4n) is 1.12. The Morgan fingerprint density at radius 3 is 2.82 bits per heavy atom. The molecule has 0 saturated carbocycles. The molecule has 0 aliphatic rings. The van der Waals surface area contributed by atoms with Crippen LogP contribution in [0.1, 0.15) is 16.3 Å². The third-order valence-corrected chi connectivity index (χ3v) is 2.84. The van der Waals surface area contributed by atoms with Crippen LogP contribution in [0.3, 0.4) is 0 Å². The fourth-order valence-corrected chi connectivity index (χ4v) is 1.89. The zero-order valence-electron chi connectivity index (χ0n) is 8.64. The molecular formula is C9H7ClN4O2S. The van der Waals surface area contributed by atoms with Gasteiger partial charge < -0.3 is 10.4 Å². The van der Waals surface area contributed by atoms with Crippen LogP contribution in [0.4, 0.5) is 10.9 Å². The van der Waals surface area contributed by atoms with Crippen LogP contribution in [0.2, 0.25) is 5.02 Å². The molecule has 2 heterocycles. The van der Waals surface area contributed by atoms with E-state index in [0.29, 0.717) is 16.8 Å². The first-order valence-electron chi connectivity index (χ1n) is 4.53. The normalized spacial score (nSPS) is 10.2. The number of carboxylic acids is 1. The van der Waals surface area contributed by atoms with Crippen LogP contribution in [-0.2, 0) is 0 Å². The smallest absolute Gasteiger partial charge is 0.356 e. The molecule has 0 aromatic carbocycles. The molecule has 2 rings (SSSR count). The molecule has 6 nitrogen and oxygen atoms in total. The van der Waals surface area contributed by atoms with Crippen molar-refractivity contribution in [2.45, 2.75) is 6.92 Å². The molecule has 0 spiro atoms. The summed E-state index contributed by atoms with van der Waals surface area (Å²) in [6.45, 7) is 1.76. The van der Waals surface area contributed by atoms with Crippen molar-refractivity contribution in [2.24, 2.45) is 0 Å². The summed E-state index contributed by atoms with van der Waals surface area (Å²) in [5.74, 6) is -0.167. The highest BCUT2D eigenvalue weighted by atomic mass is 35.5. The Labute approximate surface area is 105 Å². The van der Waals surface area contributed by atoms with Gasteiger partial charge in [0, 0.05) is 11.5 Å². The Balaban J connectivity index is 2.28. The van der Waals surface area contributed by atoms with Gasteiger partial charge in [0.05, 0.1) is 5.02 Å². The van der Waals surface area contributed by atoms with Crippen molar-refractivity contribution in [1.82, 2.24) is 14.3 Å². The predicted molar refractivity (Wildman–Crippen MR) is 64.1 cm³/mol. The van der Waals surface area contributed by atoms with Crippen molar-refractivity contribution in [3.63, 3.8) is 0 Å². The molecule has 0 amide bonds. The van der Waals surface area contributed by atoms with Gasteiger partial charge in [-0.2, -0.15) is 4.37 Å². The molecule has 0 radical (unpaired) electrons. The Hall–Kier alpha value is -1.73. The predicted octanol–water partition coefficient (Wildman–Crippen LogP) is 2.34. The Morgan fingerprint density at radius 1 is 1.47 bits per heavy atom. The van der Waals surface area contributed by atoms with Gasteiger partial charge in [-0.15, -0.1) is 0 Å². The van der Waals surface area contributed by atoms with E-state index in [9.17, 15) is 4.79 Å². The molecule has 0 unspecified atom stereocenters. The summed E-state index contributed by atoms with van der Waals surface area (Å²) in [5.41, 5.74) is -0.196. The van der Waals surface area contributed by atoms with E-state index in [1.165, 1.54) is 17.6 Å². The Morgan fingerprint density at radius 2 is 2.24 bits per heavy atom. The number of anilines is 2. The lowest BCUT2D eigenvalue weighted by atomic mass is 10.3. The summed E-state index contributed by atoms with van der Waals surface area (Å²) in [7, 11) is 0. The van der Waals surface area contributed by atoms with Gasteiger partial charge in [0.2, 0.25) is 5.13 Å². The summed E-state index contributed by atoms with van der Waals surface area (Å²) >= 11 is 6.87. The van der Waals surface area contributed by atoms with Crippen molar-refractivity contribution in [3.8, 4) is 0 Å². The van der Waals surface area contributed by atoms with Gasteiger partial charge in [-0.3, -0.25) is 0 Å². The van der Waals surface area contributed by atoms with Crippen LogP contribution in [0, 0.1) is 6.92 Å². The van der Waals surface area contributed by atoms with Crippen molar-refractivity contribution in [3.05, 3.63) is 28.7 Å². The SMILES string of the molecule is Cc1nsc(Nc2ccc(Cl)c(C(=O)O)n2)n1. The number of pyridine rings is 1. The summed E-state index contributed by atoms with van der Waals surface area (Å²) in [5, 5.41) is 12.4.